The summed E-state index contributed by atoms with van der Waals surface area (Å²) in [5.74, 6) is 2.03. The van der Waals surface area contributed by atoms with E-state index in [0.717, 1.165) is 18.0 Å². The standard InChI is InChI=1S/C20H19NO.ClH/c21-15-20(16-7-3-1-4-8-16)17-11-13-19(14-12-17)22-18-9-5-2-6-10-18;/h1-14,20H,15,21H2;1H. The molecule has 0 aliphatic rings. The van der Waals surface area contributed by atoms with E-state index in [1.54, 1.807) is 0 Å². The van der Waals surface area contributed by atoms with Gasteiger partial charge in [-0.3, -0.25) is 0 Å². The molecule has 0 aliphatic carbocycles. The summed E-state index contributed by atoms with van der Waals surface area (Å²) < 4.78 is 5.84. The number of benzene rings is 3. The highest BCUT2D eigenvalue weighted by atomic mass is 35.5. The van der Waals surface area contributed by atoms with Gasteiger partial charge in [-0.2, -0.15) is 0 Å². The molecule has 0 radical (unpaired) electrons. The second-order valence-electron chi connectivity index (χ2n) is 5.24. The molecule has 1 unspecified atom stereocenters. The van der Waals surface area contributed by atoms with Gasteiger partial charge in [0.25, 0.3) is 0 Å². The number of rotatable bonds is 5. The number of quaternary nitrogens is 1. The fourth-order valence-corrected chi connectivity index (χ4v) is 2.60. The zero-order chi connectivity index (χ0) is 15.2. The van der Waals surface area contributed by atoms with Crippen LogP contribution in [-0.2, 0) is 0 Å². The maximum absolute atomic E-state index is 5.84. The van der Waals surface area contributed by atoms with E-state index < -0.39 is 0 Å². The maximum Gasteiger partial charge on any atom is 0.127 e. The minimum Gasteiger partial charge on any atom is -1.00 e. The van der Waals surface area contributed by atoms with Crippen LogP contribution in [-0.4, -0.2) is 6.54 Å². The van der Waals surface area contributed by atoms with Crippen molar-refractivity contribution in [3.8, 4) is 11.5 Å². The second-order valence-corrected chi connectivity index (χ2v) is 5.24. The molecule has 0 amide bonds. The van der Waals surface area contributed by atoms with E-state index in [1.165, 1.54) is 11.1 Å². The Morgan fingerprint density at radius 3 is 1.70 bits per heavy atom. The van der Waals surface area contributed by atoms with Gasteiger partial charge in [-0.1, -0.05) is 60.7 Å². The Morgan fingerprint density at radius 2 is 1.13 bits per heavy atom. The smallest absolute Gasteiger partial charge is 0.127 e. The van der Waals surface area contributed by atoms with Crippen molar-refractivity contribution in [3.63, 3.8) is 0 Å². The molecule has 0 fully saturated rings. The molecule has 0 saturated carbocycles. The van der Waals surface area contributed by atoms with Crippen LogP contribution in [0.4, 0.5) is 0 Å². The highest BCUT2D eigenvalue weighted by molar-refractivity contribution is 5.38. The fraction of sp³-hybridized carbons (Fsp3) is 0.100. The largest absolute Gasteiger partial charge is 1.00 e. The van der Waals surface area contributed by atoms with Crippen LogP contribution in [0.5, 0.6) is 11.5 Å². The van der Waals surface area contributed by atoms with E-state index in [1.807, 2.05) is 48.5 Å². The van der Waals surface area contributed by atoms with Crippen molar-refractivity contribution in [2.75, 3.05) is 6.54 Å². The second kappa shape index (κ2) is 8.37. The topological polar surface area (TPSA) is 36.9 Å². The predicted molar refractivity (Wildman–Crippen MR) is 89.0 cm³/mol. The third-order valence-electron chi connectivity index (χ3n) is 3.75. The highest BCUT2D eigenvalue weighted by Crippen LogP contribution is 2.27. The first-order chi connectivity index (χ1) is 10.9. The molecule has 0 bridgehead atoms. The molecule has 0 aliphatic heterocycles. The Morgan fingerprint density at radius 1 is 0.652 bits per heavy atom. The normalized spacial score (nSPS) is 11.3. The molecule has 0 saturated heterocycles. The summed E-state index contributed by atoms with van der Waals surface area (Å²) >= 11 is 0. The lowest BCUT2D eigenvalue weighted by atomic mass is 9.91. The van der Waals surface area contributed by atoms with E-state index in [4.69, 9.17) is 4.74 Å². The molecule has 0 heterocycles. The van der Waals surface area contributed by atoms with Crippen molar-refractivity contribution in [1.82, 2.24) is 0 Å². The maximum atomic E-state index is 5.84. The number of ether oxygens (including phenoxy) is 1. The van der Waals surface area contributed by atoms with Gasteiger partial charge in [0.1, 0.15) is 11.5 Å². The van der Waals surface area contributed by atoms with Gasteiger partial charge in [0.15, 0.2) is 0 Å². The molecule has 3 N–H and O–H groups in total. The molecule has 3 heteroatoms. The Bertz CT molecular complexity index is 699. The van der Waals surface area contributed by atoms with Gasteiger partial charge in [0, 0.05) is 0 Å². The van der Waals surface area contributed by atoms with Gasteiger partial charge >= 0.3 is 0 Å². The van der Waals surface area contributed by atoms with Gasteiger partial charge in [-0.15, -0.1) is 0 Å². The van der Waals surface area contributed by atoms with Crippen molar-refractivity contribution in [2.45, 2.75) is 5.92 Å². The quantitative estimate of drug-likeness (QED) is 0.742. The summed E-state index contributed by atoms with van der Waals surface area (Å²) in [7, 11) is 0. The van der Waals surface area contributed by atoms with Crippen molar-refractivity contribution >= 4 is 0 Å². The molecule has 118 valence electrons. The van der Waals surface area contributed by atoms with Gasteiger partial charge in [0.05, 0.1) is 12.5 Å². The average molecular weight is 326 g/mol. The van der Waals surface area contributed by atoms with E-state index in [9.17, 15) is 0 Å². The molecule has 3 aromatic rings. The number of hydrogen-bond acceptors (Lipinski definition) is 1. The monoisotopic (exact) mass is 325 g/mol. The molecular formula is C20H20ClNO. The predicted octanol–water partition coefficient (Wildman–Crippen LogP) is 0.857. The summed E-state index contributed by atoms with van der Waals surface area (Å²) in [6, 6.07) is 28.6. The summed E-state index contributed by atoms with van der Waals surface area (Å²) in [4.78, 5) is 0. The van der Waals surface area contributed by atoms with Crippen LogP contribution >= 0.6 is 0 Å². The minimum atomic E-state index is 0. The van der Waals surface area contributed by atoms with Crippen LogP contribution in [0.2, 0.25) is 0 Å². The van der Waals surface area contributed by atoms with Crippen LogP contribution in [0.1, 0.15) is 17.0 Å². The molecule has 2 nitrogen and oxygen atoms in total. The summed E-state index contributed by atoms with van der Waals surface area (Å²) in [6.07, 6.45) is 0. The summed E-state index contributed by atoms with van der Waals surface area (Å²) in [5.41, 5.74) is 6.66. The number of hydrogen-bond donors (Lipinski definition) is 1. The third kappa shape index (κ3) is 4.35. The number of para-hydroxylation sites is 1. The zero-order valence-electron chi connectivity index (χ0n) is 12.9. The van der Waals surface area contributed by atoms with Crippen LogP contribution in [0.3, 0.4) is 0 Å². The molecule has 3 rings (SSSR count). The average Bonchev–Trinajstić information content (AvgIpc) is 2.59. The molecular weight excluding hydrogens is 306 g/mol. The van der Waals surface area contributed by atoms with E-state index in [2.05, 4.69) is 42.1 Å². The first-order valence-corrected chi connectivity index (χ1v) is 7.54. The lowest BCUT2D eigenvalue weighted by Gasteiger charge is -2.14. The molecule has 23 heavy (non-hydrogen) atoms. The third-order valence-corrected chi connectivity index (χ3v) is 3.75. The van der Waals surface area contributed by atoms with Crippen molar-refractivity contribution < 1.29 is 22.9 Å². The minimum absolute atomic E-state index is 0. The summed E-state index contributed by atoms with van der Waals surface area (Å²) in [5, 5.41) is 0. The van der Waals surface area contributed by atoms with E-state index in [-0.39, 0.29) is 12.4 Å². The lowest BCUT2D eigenvalue weighted by Crippen LogP contribution is -3.00. The van der Waals surface area contributed by atoms with Crippen LogP contribution < -0.4 is 22.9 Å². The van der Waals surface area contributed by atoms with Crippen molar-refractivity contribution in [2.24, 2.45) is 0 Å². The van der Waals surface area contributed by atoms with Crippen molar-refractivity contribution in [1.29, 1.82) is 0 Å². The number of halogens is 1. The van der Waals surface area contributed by atoms with Gasteiger partial charge < -0.3 is 22.9 Å². The molecule has 3 aromatic carbocycles. The van der Waals surface area contributed by atoms with Crippen molar-refractivity contribution in [3.05, 3.63) is 96.1 Å². The Labute approximate surface area is 143 Å². The highest BCUT2D eigenvalue weighted by Gasteiger charge is 2.14. The Balaban J connectivity index is 0.00000192. The Hall–Kier alpha value is -2.29. The van der Waals surface area contributed by atoms with E-state index in [0.29, 0.717) is 5.92 Å². The van der Waals surface area contributed by atoms with Crippen LogP contribution in [0, 0.1) is 0 Å². The van der Waals surface area contributed by atoms with Gasteiger partial charge in [-0.05, 0) is 35.4 Å². The van der Waals surface area contributed by atoms with Gasteiger partial charge in [-0.25, -0.2) is 0 Å². The van der Waals surface area contributed by atoms with Crippen LogP contribution in [0.25, 0.3) is 0 Å². The Kier molecular flexibility index (Phi) is 6.21. The molecule has 0 aromatic heterocycles. The molecule has 1 atom stereocenters. The first-order valence-electron chi connectivity index (χ1n) is 7.54. The fourth-order valence-electron chi connectivity index (χ4n) is 2.60. The van der Waals surface area contributed by atoms with Crippen LogP contribution in [0.15, 0.2) is 84.9 Å². The lowest BCUT2D eigenvalue weighted by molar-refractivity contribution is -0.370. The zero-order valence-corrected chi connectivity index (χ0v) is 13.6. The summed E-state index contributed by atoms with van der Waals surface area (Å²) in [6.45, 7) is 0.836. The van der Waals surface area contributed by atoms with Gasteiger partial charge in [0.2, 0.25) is 0 Å². The SMILES string of the molecule is [Cl-].[NH3+]CC(c1ccccc1)c1ccc(Oc2ccccc2)cc1. The molecule has 0 spiro atoms. The first kappa shape index (κ1) is 17.1. The van der Waals surface area contributed by atoms with E-state index >= 15 is 0 Å².